The van der Waals surface area contributed by atoms with Crippen molar-refractivity contribution in [2.24, 2.45) is 0 Å². The van der Waals surface area contributed by atoms with Gasteiger partial charge < -0.3 is 0 Å². The van der Waals surface area contributed by atoms with E-state index in [1.165, 1.54) is 4.31 Å². The Morgan fingerprint density at radius 2 is 1.69 bits per heavy atom. The normalized spacial score (nSPS) is 17.9. The lowest BCUT2D eigenvalue weighted by Crippen LogP contribution is -2.27. The molecule has 0 aliphatic carbocycles. The molecule has 88 valence electrons. The fourth-order valence-corrected chi connectivity index (χ4v) is 3.24. The third-order valence-corrected chi connectivity index (χ3v) is 4.49. The Morgan fingerprint density at radius 3 is 2.25 bits per heavy atom. The molecule has 1 aliphatic heterocycles. The number of hydrogen-bond donors (Lipinski definition) is 0. The smallest absolute Gasteiger partial charge is 0.207 e. The third-order valence-electron chi connectivity index (χ3n) is 2.59. The second-order valence-corrected chi connectivity index (χ2v) is 5.63. The van der Waals surface area contributed by atoms with Crippen LogP contribution < -0.4 is 0 Å². The molecule has 0 spiro atoms. The highest BCUT2D eigenvalue weighted by atomic mass is 32.2. The van der Waals surface area contributed by atoms with Gasteiger partial charge in [-0.3, -0.25) is 0 Å². The van der Waals surface area contributed by atoms with Gasteiger partial charge in [-0.15, -0.1) is 0 Å². The average Bonchev–Trinajstić information content (AvgIpc) is 2.75. The highest BCUT2D eigenvalue weighted by Gasteiger charge is 2.27. The lowest BCUT2D eigenvalue weighted by molar-refractivity contribution is 0.473. The van der Waals surface area contributed by atoms with Crippen molar-refractivity contribution >= 4 is 10.0 Å². The Hall–Kier alpha value is -1.01. The summed E-state index contributed by atoms with van der Waals surface area (Å²) >= 11 is 0. The number of benzene rings is 1. The summed E-state index contributed by atoms with van der Waals surface area (Å²) in [6.45, 7) is 0.892. The Morgan fingerprint density at radius 1 is 1.06 bits per heavy atom. The predicted molar refractivity (Wildman–Crippen MR) is 54.4 cm³/mol. The number of halogens is 2. The molecule has 1 fully saturated rings. The summed E-state index contributed by atoms with van der Waals surface area (Å²) in [4.78, 5) is -0.187. The zero-order valence-electron chi connectivity index (χ0n) is 8.49. The number of nitrogens with zero attached hydrogens (tertiary/aromatic N) is 1. The Kier molecular flexibility index (Phi) is 2.94. The van der Waals surface area contributed by atoms with Gasteiger partial charge >= 0.3 is 0 Å². The summed E-state index contributed by atoms with van der Waals surface area (Å²) in [5.74, 6) is -2.18. The SMILES string of the molecule is O=S(=O)(c1ccc(F)c(F)c1)N1CCCC1. The Labute approximate surface area is 92.7 Å². The highest BCUT2D eigenvalue weighted by molar-refractivity contribution is 7.89. The van der Waals surface area contributed by atoms with Gasteiger partial charge in [-0.1, -0.05) is 0 Å². The molecule has 6 heteroatoms. The molecule has 16 heavy (non-hydrogen) atoms. The topological polar surface area (TPSA) is 37.4 Å². The van der Waals surface area contributed by atoms with E-state index in [1.807, 2.05) is 0 Å². The lowest BCUT2D eigenvalue weighted by Gasteiger charge is -2.15. The van der Waals surface area contributed by atoms with Crippen LogP contribution in [0.3, 0.4) is 0 Å². The van der Waals surface area contributed by atoms with Crippen LogP contribution in [0.4, 0.5) is 8.78 Å². The quantitative estimate of drug-likeness (QED) is 0.798. The van der Waals surface area contributed by atoms with Crippen LogP contribution in [-0.4, -0.2) is 25.8 Å². The van der Waals surface area contributed by atoms with E-state index in [1.54, 1.807) is 0 Å². The fourth-order valence-electron chi connectivity index (χ4n) is 1.71. The van der Waals surface area contributed by atoms with E-state index >= 15 is 0 Å². The van der Waals surface area contributed by atoms with E-state index in [0.29, 0.717) is 13.1 Å². The zero-order valence-corrected chi connectivity index (χ0v) is 9.30. The minimum atomic E-state index is -3.65. The summed E-state index contributed by atoms with van der Waals surface area (Å²) in [6, 6.07) is 2.65. The van der Waals surface area contributed by atoms with Gasteiger partial charge in [0.25, 0.3) is 0 Å². The number of hydrogen-bond acceptors (Lipinski definition) is 2. The Bertz CT molecular complexity index is 496. The maximum atomic E-state index is 12.9. The minimum absolute atomic E-state index is 0.187. The fraction of sp³-hybridized carbons (Fsp3) is 0.400. The molecule has 0 bridgehead atoms. The second kappa shape index (κ2) is 4.10. The van der Waals surface area contributed by atoms with Crippen LogP contribution in [0, 0.1) is 11.6 Å². The van der Waals surface area contributed by atoms with Crippen molar-refractivity contribution in [3.05, 3.63) is 29.8 Å². The third kappa shape index (κ3) is 1.94. The van der Waals surface area contributed by atoms with Gasteiger partial charge in [0.15, 0.2) is 11.6 Å². The van der Waals surface area contributed by atoms with Crippen molar-refractivity contribution in [1.82, 2.24) is 4.31 Å². The molecule has 0 N–H and O–H groups in total. The molecule has 1 aromatic carbocycles. The van der Waals surface area contributed by atoms with Gasteiger partial charge in [0.2, 0.25) is 10.0 Å². The van der Waals surface area contributed by atoms with Gasteiger partial charge in [-0.2, -0.15) is 4.31 Å². The van der Waals surface area contributed by atoms with Crippen molar-refractivity contribution in [1.29, 1.82) is 0 Å². The second-order valence-electron chi connectivity index (χ2n) is 3.69. The van der Waals surface area contributed by atoms with Crippen LogP contribution in [0.25, 0.3) is 0 Å². The van der Waals surface area contributed by atoms with Crippen molar-refractivity contribution in [3.63, 3.8) is 0 Å². The molecule has 1 saturated heterocycles. The van der Waals surface area contributed by atoms with Crippen molar-refractivity contribution in [2.45, 2.75) is 17.7 Å². The molecule has 1 aromatic rings. The van der Waals surface area contributed by atoms with Crippen molar-refractivity contribution in [3.8, 4) is 0 Å². The van der Waals surface area contributed by atoms with E-state index in [-0.39, 0.29) is 4.90 Å². The first-order chi connectivity index (χ1) is 7.51. The van der Waals surface area contributed by atoms with Crippen molar-refractivity contribution in [2.75, 3.05) is 13.1 Å². The highest BCUT2D eigenvalue weighted by Crippen LogP contribution is 2.21. The van der Waals surface area contributed by atoms with E-state index in [4.69, 9.17) is 0 Å². The first-order valence-corrected chi connectivity index (χ1v) is 6.41. The molecule has 0 atom stereocenters. The zero-order chi connectivity index (χ0) is 11.8. The van der Waals surface area contributed by atoms with E-state index < -0.39 is 21.7 Å². The summed E-state index contributed by atoms with van der Waals surface area (Å²) in [6.07, 6.45) is 1.62. The van der Waals surface area contributed by atoms with Crippen LogP contribution in [0.1, 0.15) is 12.8 Å². The molecule has 3 nitrogen and oxygen atoms in total. The predicted octanol–water partition coefficient (Wildman–Crippen LogP) is 1.75. The first kappa shape index (κ1) is 11.5. The van der Waals surface area contributed by atoms with E-state index in [9.17, 15) is 17.2 Å². The van der Waals surface area contributed by atoms with Gasteiger partial charge in [0.05, 0.1) is 4.90 Å². The molecule has 0 aromatic heterocycles. The molecule has 0 unspecified atom stereocenters. The monoisotopic (exact) mass is 247 g/mol. The van der Waals surface area contributed by atoms with Crippen LogP contribution in [0.2, 0.25) is 0 Å². The first-order valence-electron chi connectivity index (χ1n) is 4.97. The van der Waals surface area contributed by atoms with Gasteiger partial charge in [0, 0.05) is 13.1 Å². The molecule has 0 amide bonds. The molecular formula is C10H11F2NO2S. The summed E-state index contributed by atoms with van der Waals surface area (Å²) in [5, 5.41) is 0. The van der Waals surface area contributed by atoms with Gasteiger partial charge in [0.1, 0.15) is 0 Å². The maximum Gasteiger partial charge on any atom is 0.243 e. The summed E-state index contributed by atoms with van der Waals surface area (Å²) < 4.78 is 50.8. The van der Waals surface area contributed by atoms with Crippen LogP contribution >= 0.6 is 0 Å². The van der Waals surface area contributed by atoms with Gasteiger partial charge in [-0.05, 0) is 31.0 Å². The van der Waals surface area contributed by atoms with Crippen molar-refractivity contribution < 1.29 is 17.2 Å². The Balaban J connectivity index is 2.39. The van der Waals surface area contributed by atoms with Gasteiger partial charge in [-0.25, -0.2) is 17.2 Å². The molecule has 0 radical (unpaired) electrons. The maximum absolute atomic E-state index is 12.9. The number of sulfonamides is 1. The van der Waals surface area contributed by atoms with Crippen LogP contribution in [-0.2, 0) is 10.0 Å². The van der Waals surface area contributed by atoms with Crippen LogP contribution in [0.5, 0.6) is 0 Å². The molecule has 1 heterocycles. The standard InChI is InChI=1S/C10H11F2NO2S/c11-9-4-3-8(7-10(9)12)16(14,15)13-5-1-2-6-13/h3-4,7H,1-2,5-6H2. The van der Waals surface area contributed by atoms with Crippen LogP contribution in [0.15, 0.2) is 23.1 Å². The lowest BCUT2D eigenvalue weighted by atomic mass is 10.3. The average molecular weight is 247 g/mol. The van der Waals surface area contributed by atoms with E-state index in [2.05, 4.69) is 0 Å². The molecule has 1 aliphatic rings. The molecule has 2 rings (SSSR count). The summed E-state index contributed by atoms with van der Waals surface area (Å²) in [5.41, 5.74) is 0. The number of rotatable bonds is 2. The van der Waals surface area contributed by atoms with E-state index in [0.717, 1.165) is 31.0 Å². The minimum Gasteiger partial charge on any atom is -0.207 e. The molecular weight excluding hydrogens is 236 g/mol. The summed E-state index contributed by atoms with van der Waals surface area (Å²) in [7, 11) is -3.65. The molecule has 0 saturated carbocycles. The largest absolute Gasteiger partial charge is 0.243 e.